The molecular formula is C17H22N2O. The zero-order valence-corrected chi connectivity index (χ0v) is 12.2. The Kier molecular flexibility index (Phi) is 5.10. The first kappa shape index (κ1) is 14.5. The van der Waals surface area contributed by atoms with Crippen LogP contribution in [0.1, 0.15) is 50.0 Å². The van der Waals surface area contributed by atoms with Gasteiger partial charge in [0.1, 0.15) is 5.69 Å². The summed E-state index contributed by atoms with van der Waals surface area (Å²) in [5, 5.41) is 4.30. The molecule has 2 rings (SSSR count). The second kappa shape index (κ2) is 7.04. The third kappa shape index (κ3) is 3.16. The minimum absolute atomic E-state index is 0.106. The fraction of sp³-hybridized carbons (Fsp3) is 0.412. The molecule has 20 heavy (non-hydrogen) atoms. The number of ketones is 1. The lowest BCUT2D eigenvalue weighted by Gasteiger charge is -2.14. The molecule has 3 heteroatoms. The lowest BCUT2D eigenvalue weighted by atomic mass is 9.93. The van der Waals surface area contributed by atoms with Gasteiger partial charge in [-0.3, -0.25) is 4.79 Å². The zero-order chi connectivity index (χ0) is 14.4. The first-order valence-corrected chi connectivity index (χ1v) is 7.41. The molecule has 2 aromatic rings. The summed E-state index contributed by atoms with van der Waals surface area (Å²) in [6.45, 7) is 4.24. The number of benzene rings is 1. The van der Waals surface area contributed by atoms with Gasteiger partial charge in [-0.25, -0.2) is 4.68 Å². The van der Waals surface area contributed by atoms with Crippen molar-refractivity contribution in [2.24, 2.45) is 5.92 Å². The lowest BCUT2D eigenvalue weighted by molar-refractivity contribution is 0.0900. The number of nitrogens with zero attached hydrogens (tertiary/aromatic N) is 2. The maximum atomic E-state index is 12.7. The average Bonchev–Trinajstić information content (AvgIpc) is 2.98. The van der Waals surface area contributed by atoms with E-state index in [2.05, 4.69) is 18.9 Å². The molecule has 0 amide bonds. The van der Waals surface area contributed by atoms with E-state index in [1.54, 1.807) is 10.9 Å². The van der Waals surface area contributed by atoms with Crippen LogP contribution < -0.4 is 0 Å². The zero-order valence-electron chi connectivity index (χ0n) is 12.2. The molecule has 0 spiro atoms. The maximum Gasteiger partial charge on any atom is 0.184 e. The molecule has 0 saturated carbocycles. The molecular weight excluding hydrogens is 248 g/mol. The number of carbonyl (C=O) groups excluding carboxylic acids is 1. The van der Waals surface area contributed by atoms with E-state index in [1.807, 2.05) is 36.4 Å². The topological polar surface area (TPSA) is 34.9 Å². The molecule has 0 saturated heterocycles. The van der Waals surface area contributed by atoms with Crippen molar-refractivity contribution in [1.29, 1.82) is 0 Å². The Morgan fingerprint density at radius 3 is 2.60 bits per heavy atom. The van der Waals surface area contributed by atoms with E-state index < -0.39 is 0 Å². The highest BCUT2D eigenvalue weighted by Crippen LogP contribution is 2.20. The normalized spacial score (nSPS) is 12.3. The summed E-state index contributed by atoms with van der Waals surface area (Å²) in [7, 11) is 0. The van der Waals surface area contributed by atoms with E-state index in [0.717, 1.165) is 31.4 Å². The molecule has 1 heterocycles. The van der Waals surface area contributed by atoms with Gasteiger partial charge in [-0.1, -0.05) is 44.9 Å². The highest BCUT2D eigenvalue weighted by molar-refractivity contribution is 5.96. The van der Waals surface area contributed by atoms with E-state index >= 15 is 0 Å². The van der Waals surface area contributed by atoms with Gasteiger partial charge in [0.05, 0.1) is 11.9 Å². The molecule has 3 nitrogen and oxygen atoms in total. The van der Waals surface area contributed by atoms with Crippen LogP contribution in [0.5, 0.6) is 0 Å². The van der Waals surface area contributed by atoms with Crippen molar-refractivity contribution >= 4 is 5.78 Å². The standard InChI is InChI=1S/C17H22N2O/c1-3-5-9-14(4-2)17(20)16-12-13-18-19(16)15-10-7-6-8-11-15/h6-8,10-14H,3-5,9H2,1-2H3. The number of rotatable bonds is 7. The smallest absolute Gasteiger partial charge is 0.184 e. The van der Waals surface area contributed by atoms with Crippen LogP contribution in [0.4, 0.5) is 0 Å². The fourth-order valence-corrected chi connectivity index (χ4v) is 2.45. The second-order valence-corrected chi connectivity index (χ2v) is 5.08. The highest BCUT2D eigenvalue weighted by atomic mass is 16.1. The number of carbonyl (C=O) groups is 1. The Balaban J connectivity index is 2.25. The largest absolute Gasteiger partial charge is 0.292 e. The van der Waals surface area contributed by atoms with E-state index in [0.29, 0.717) is 5.69 Å². The summed E-state index contributed by atoms with van der Waals surface area (Å²) in [6.07, 6.45) is 5.78. The van der Waals surface area contributed by atoms with Gasteiger partial charge in [-0.05, 0) is 31.0 Å². The Bertz CT molecular complexity index is 545. The van der Waals surface area contributed by atoms with Gasteiger partial charge in [0, 0.05) is 5.92 Å². The Labute approximate surface area is 120 Å². The van der Waals surface area contributed by atoms with E-state index in [-0.39, 0.29) is 11.7 Å². The van der Waals surface area contributed by atoms with E-state index in [9.17, 15) is 4.79 Å². The summed E-state index contributed by atoms with van der Waals surface area (Å²) in [5.41, 5.74) is 1.63. The monoisotopic (exact) mass is 270 g/mol. The molecule has 1 atom stereocenters. The number of Topliss-reactive ketones (excluding diaryl/α,β-unsaturated/α-hetero) is 1. The Morgan fingerprint density at radius 2 is 1.95 bits per heavy atom. The van der Waals surface area contributed by atoms with Crippen LogP contribution in [0, 0.1) is 5.92 Å². The van der Waals surface area contributed by atoms with Gasteiger partial charge < -0.3 is 0 Å². The average molecular weight is 270 g/mol. The predicted octanol–water partition coefficient (Wildman–Crippen LogP) is 4.27. The van der Waals surface area contributed by atoms with Gasteiger partial charge in [-0.15, -0.1) is 0 Å². The second-order valence-electron chi connectivity index (χ2n) is 5.08. The number of unbranched alkanes of at least 4 members (excludes halogenated alkanes) is 1. The van der Waals surface area contributed by atoms with Crippen LogP contribution in [-0.4, -0.2) is 15.6 Å². The van der Waals surface area contributed by atoms with Gasteiger partial charge in [-0.2, -0.15) is 5.10 Å². The summed E-state index contributed by atoms with van der Waals surface area (Å²) in [6, 6.07) is 11.6. The predicted molar refractivity (Wildman–Crippen MR) is 81.2 cm³/mol. The van der Waals surface area contributed by atoms with Crippen molar-refractivity contribution in [2.45, 2.75) is 39.5 Å². The van der Waals surface area contributed by atoms with Crippen molar-refractivity contribution in [3.05, 3.63) is 48.3 Å². The van der Waals surface area contributed by atoms with Crippen LogP contribution in [0.25, 0.3) is 5.69 Å². The van der Waals surface area contributed by atoms with Crippen molar-refractivity contribution in [2.75, 3.05) is 0 Å². The van der Waals surface area contributed by atoms with Crippen LogP contribution in [-0.2, 0) is 0 Å². The molecule has 1 aromatic heterocycles. The number of aromatic nitrogens is 2. The molecule has 0 N–H and O–H groups in total. The molecule has 1 unspecified atom stereocenters. The first-order valence-electron chi connectivity index (χ1n) is 7.41. The lowest BCUT2D eigenvalue weighted by Crippen LogP contribution is -2.18. The number of hydrogen-bond acceptors (Lipinski definition) is 2. The summed E-state index contributed by atoms with van der Waals surface area (Å²) in [4.78, 5) is 12.7. The molecule has 0 fully saturated rings. The quantitative estimate of drug-likeness (QED) is 0.704. The van der Waals surface area contributed by atoms with Crippen LogP contribution >= 0.6 is 0 Å². The number of hydrogen-bond donors (Lipinski definition) is 0. The summed E-state index contributed by atoms with van der Waals surface area (Å²) in [5.74, 6) is 0.316. The van der Waals surface area contributed by atoms with Crippen LogP contribution in [0.3, 0.4) is 0 Å². The Morgan fingerprint density at radius 1 is 1.20 bits per heavy atom. The molecule has 0 radical (unpaired) electrons. The minimum atomic E-state index is 0.106. The van der Waals surface area contributed by atoms with Gasteiger partial charge >= 0.3 is 0 Å². The third-order valence-corrected chi connectivity index (χ3v) is 3.67. The van der Waals surface area contributed by atoms with Crippen molar-refractivity contribution in [3.63, 3.8) is 0 Å². The Hall–Kier alpha value is -1.90. The van der Waals surface area contributed by atoms with Gasteiger partial charge in [0.15, 0.2) is 5.78 Å². The van der Waals surface area contributed by atoms with Gasteiger partial charge in [0.25, 0.3) is 0 Å². The maximum absolute atomic E-state index is 12.7. The van der Waals surface area contributed by atoms with Crippen LogP contribution in [0.15, 0.2) is 42.6 Å². The molecule has 0 aliphatic rings. The third-order valence-electron chi connectivity index (χ3n) is 3.67. The molecule has 106 valence electrons. The van der Waals surface area contributed by atoms with E-state index in [4.69, 9.17) is 0 Å². The van der Waals surface area contributed by atoms with Crippen molar-refractivity contribution in [3.8, 4) is 5.69 Å². The van der Waals surface area contributed by atoms with Crippen LogP contribution in [0.2, 0.25) is 0 Å². The van der Waals surface area contributed by atoms with Crippen molar-refractivity contribution in [1.82, 2.24) is 9.78 Å². The van der Waals surface area contributed by atoms with Gasteiger partial charge in [0.2, 0.25) is 0 Å². The highest BCUT2D eigenvalue weighted by Gasteiger charge is 2.21. The van der Waals surface area contributed by atoms with E-state index in [1.165, 1.54) is 0 Å². The summed E-state index contributed by atoms with van der Waals surface area (Å²) < 4.78 is 1.75. The first-order chi connectivity index (χ1) is 9.77. The SMILES string of the molecule is CCCCC(CC)C(=O)c1ccnn1-c1ccccc1. The molecule has 1 aromatic carbocycles. The van der Waals surface area contributed by atoms with Crippen molar-refractivity contribution < 1.29 is 4.79 Å². The summed E-state index contributed by atoms with van der Waals surface area (Å²) >= 11 is 0. The fourth-order valence-electron chi connectivity index (χ4n) is 2.45. The number of para-hydroxylation sites is 1. The molecule has 0 bridgehead atoms. The minimum Gasteiger partial charge on any atom is -0.292 e. The molecule has 0 aliphatic heterocycles. The molecule has 0 aliphatic carbocycles.